The van der Waals surface area contributed by atoms with Crippen LogP contribution in [0.15, 0.2) is 0 Å². The van der Waals surface area contributed by atoms with Gasteiger partial charge in [-0.05, 0) is 19.5 Å². The van der Waals surface area contributed by atoms with Crippen molar-refractivity contribution in [2.75, 3.05) is 38.2 Å². The molecular weight excluding hydrogens is 252 g/mol. The summed E-state index contributed by atoms with van der Waals surface area (Å²) >= 11 is 0. The van der Waals surface area contributed by atoms with Crippen LogP contribution in [0.4, 0.5) is 0 Å². The van der Waals surface area contributed by atoms with Gasteiger partial charge in [0.1, 0.15) is 0 Å². The Kier molecular flexibility index (Phi) is 5.59. The number of rotatable bonds is 6. The Balaban J connectivity index is 2.42. The first-order chi connectivity index (χ1) is 8.39. The summed E-state index contributed by atoms with van der Waals surface area (Å²) in [5, 5.41) is 0. The first kappa shape index (κ1) is 15.4. The maximum Gasteiger partial charge on any atom is 0.223 e. The third-order valence-corrected chi connectivity index (χ3v) is 5.44. The smallest absolute Gasteiger partial charge is 0.223 e. The summed E-state index contributed by atoms with van der Waals surface area (Å²) in [6.07, 6.45) is 1.05. The van der Waals surface area contributed by atoms with E-state index in [-0.39, 0.29) is 23.5 Å². The van der Waals surface area contributed by atoms with E-state index in [0.29, 0.717) is 12.8 Å². The normalized spacial score (nSPS) is 22.3. The van der Waals surface area contributed by atoms with E-state index in [1.165, 1.54) is 0 Å². The predicted octanol–water partition coefficient (Wildman–Crippen LogP) is 0.364. The average molecular weight is 276 g/mol. The van der Waals surface area contributed by atoms with Crippen molar-refractivity contribution in [3.63, 3.8) is 0 Å². The summed E-state index contributed by atoms with van der Waals surface area (Å²) < 4.78 is 22.8. The van der Waals surface area contributed by atoms with Crippen LogP contribution in [-0.2, 0) is 14.6 Å². The molecule has 106 valence electrons. The zero-order valence-electron chi connectivity index (χ0n) is 11.6. The monoisotopic (exact) mass is 276 g/mol. The fraction of sp³-hybridized carbons (Fsp3) is 0.917. The van der Waals surface area contributed by atoms with Crippen molar-refractivity contribution in [1.82, 2.24) is 9.80 Å². The molecule has 1 aliphatic rings. The van der Waals surface area contributed by atoms with E-state index in [4.69, 9.17) is 0 Å². The summed E-state index contributed by atoms with van der Waals surface area (Å²) in [4.78, 5) is 15.8. The molecule has 0 saturated carbocycles. The zero-order valence-corrected chi connectivity index (χ0v) is 12.4. The number of amides is 1. The van der Waals surface area contributed by atoms with E-state index in [9.17, 15) is 13.2 Å². The van der Waals surface area contributed by atoms with Gasteiger partial charge in [-0.15, -0.1) is 0 Å². The standard InChI is InChI=1S/C12H24N2O3S/c1-4-14(5-2)8-6-12(15)13(3)11-7-9-18(16,17)10-11/h11H,4-10H2,1-3H3. The van der Waals surface area contributed by atoms with Gasteiger partial charge in [0.2, 0.25) is 5.91 Å². The molecule has 1 fully saturated rings. The Hall–Kier alpha value is -0.620. The van der Waals surface area contributed by atoms with E-state index in [0.717, 1.165) is 19.6 Å². The van der Waals surface area contributed by atoms with Crippen LogP contribution in [0.3, 0.4) is 0 Å². The van der Waals surface area contributed by atoms with E-state index in [1.54, 1.807) is 11.9 Å². The molecule has 5 nitrogen and oxygen atoms in total. The van der Waals surface area contributed by atoms with E-state index in [1.807, 2.05) is 0 Å². The van der Waals surface area contributed by atoms with Gasteiger partial charge >= 0.3 is 0 Å². The maximum absolute atomic E-state index is 12.0. The van der Waals surface area contributed by atoms with Gasteiger partial charge in [0.15, 0.2) is 9.84 Å². The minimum Gasteiger partial charge on any atom is -0.342 e. The molecule has 1 saturated heterocycles. The lowest BCUT2D eigenvalue weighted by Crippen LogP contribution is -2.39. The van der Waals surface area contributed by atoms with Gasteiger partial charge in [-0.3, -0.25) is 4.79 Å². The number of carbonyl (C=O) groups excluding carboxylic acids is 1. The molecule has 6 heteroatoms. The highest BCUT2D eigenvalue weighted by Crippen LogP contribution is 2.17. The predicted molar refractivity (Wildman–Crippen MR) is 72.2 cm³/mol. The molecule has 0 radical (unpaired) electrons. The highest BCUT2D eigenvalue weighted by molar-refractivity contribution is 7.91. The van der Waals surface area contributed by atoms with Crippen LogP contribution >= 0.6 is 0 Å². The molecule has 0 aromatic heterocycles. The molecule has 18 heavy (non-hydrogen) atoms. The fourth-order valence-electron chi connectivity index (χ4n) is 2.25. The molecule has 0 aromatic carbocycles. The number of carbonyl (C=O) groups is 1. The number of sulfone groups is 1. The second-order valence-electron chi connectivity index (χ2n) is 4.84. The Morgan fingerprint density at radius 3 is 2.33 bits per heavy atom. The lowest BCUT2D eigenvalue weighted by atomic mass is 10.2. The lowest BCUT2D eigenvalue weighted by molar-refractivity contribution is -0.131. The molecule has 1 rings (SSSR count). The van der Waals surface area contributed by atoms with Crippen LogP contribution in [0.25, 0.3) is 0 Å². The van der Waals surface area contributed by atoms with Crippen molar-refractivity contribution in [1.29, 1.82) is 0 Å². The first-order valence-electron chi connectivity index (χ1n) is 6.58. The third-order valence-electron chi connectivity index (χ3n) is 3.69. The SMILES string of the molecule is CCN(CC)CCC(=O)N(C)C1CCS(=O)(=O)C1. The molecule has 1 unspecified atom stereocenters. The second kappa shape index (κ2) is 6.52. The summed E-state index contributed by atoms with van der Waals surface area (Å²) in [6, 6.07) is -0.126. The van der Waals surface area contributed by atoms with Crippen LogP contribution in [0.1, 0.15) is 26.7 Å². The van der Waals surface area contributed by atoms with Crippen LogP contribution < -0.4 is 0 Å². The van der Waals surface area contributed by atoms with Crippen LogP contribution in [0.5, 0.6) is 0 Å². The first-order valence-corrected chi connectivity index (χ1v) is 8.40. The topological polar surface area (TPSA) is 57.7 Å². The highest BCUT2D eigenvalue weighted by atomic mass is 32.2. The summed E-state index contributed by atoms with van der Waals surface area (Å²) in [5.41, 5.74) is 0. The lowest BCUT2D eigenvalue weighted by Gasteiger charge is -2.25. The van der Waals surface area contributed by atoms with Crippen LogP contribution in [0.2, 0.25) is 0 Å². The number of hydrogen-bond acceptors (Lipinski definition) is 4. The van der Waals surface area contributed by atoms with Crippen molar-refractivity contribution < 1.29 is 13.2 Å². The van der Waals surface area contributed by atoms with Crippen LogP contribution in [-0.4, -0.2) is 68.4 Å². The second-order valence-corrected chi connectivity index (χ2v) is 7.07. The van der Waals surface area contributed by atoms with Crippen molar-refractivity contribution >= 4 is 15.7 Å². The third kappa shape index (κ3) is 4.24. The van der Waals surface area contributed by atoms with Crippen molar-refractivity contribution in [3.05, 3.63) is 0 Å². The van der Waals surface area contributed by atoms with Gasteiger partial charge in [0.25, 0.3) is 0 Å². The molecular formula is C12H24N2O3S. The fourth-order valence-corrected chi connectivity index (χ4v) is 4.03. The van der Waals surface area contributed by atoms with Gasteiger partial charge in [-0.1, -0.05) is 13.8 Å². The Morgan fingerprint density at radius 1 is 1.28 bits per heavy atom. The molecule has 1 atom stereocenters. The minimum absolute atomic E-state index is 0.0454. The quantitative estimate of drug-likeness (QED) is 0.703. The summed E-state index contributed by atoms with van der Waals surface area (Å²) in [5.74, 6) is 0.384. The average Bonchev–Trinajstić information content (AvgIpc) is 2.69. The molecule has 1 amide bonds. The maximum atomic E-state index is 12.0. The van der Waals surface area contributed by atoms with Gasteiger partial charge < -0.3 is 9.80 Å². The molecule has 0 bridgehead atoms. The summed E-state index contributed by atoms with van der Waals surface area (Å²) in [6.45, 7) is 6.76. The largest absolute Gasteiger partial charge is 0.342 e. The molecule has 1 aliphatic heterocycles. The molecule has 0 aromatic rings. The van der Waals surface area contributed by atoms with Gasteiger partial charge in [-0.2, -0.15) is 0 Å². The van der Waals surface area contributed by atoms with Gasteiger partial charge in [-0.25, -0.2) is 8.42 Å². The van der Waals surface area contributed by atoms with Crippen molar-refractivity contribution in [2.24, 2.45) is 0 Å². The van der Waals surface area contributed by atoms with Crippen molar-refractivity contribution in [2.45, 2.75) is 32.7 Å². The number of hydrogen-bond donors (Lipinski definition) is 0. The Morgan fingerprint density at radius 2 is 1.89 bits per heavy atom. The van der Waals surface area contributed by atoms with Crippen LogP contribution in [0, 0.1) is 0 Å². The van der Waals surface area contributed by atoms with Gasteiger partial charge in [0, 0.05) is 26.1 Å². The Labute approximate surface area is 110 Å². The molecule has 0 N–H and O–H groups in total. The highest BCUT2D eigenvalue weighted by Gasteiger charge is 2.32. The zero-order chi connectivity index (χ0) is 13.8. The molecule has 0 aliphatic carbocycles. The minimum atomic E-state index is -2.92. The Bertz CT molecular complexity index is 377. The summed E-state index contributed by atoms with van der Waals surface area (Å²) in [7, 11) is -1.20. The van der Waals surface area contributed by atoms with Gasteiger partial charge in [0.05, 0.1) is 11.5 Å². The molecule has 1 heterocycles. The van der Waals surface area contributed by atoms with E-state index < -0.39 is 9.84 Å². The van der Waals surface area contributed by atoms with E-state index in [2.05, 4.69) is 18.7 Å². The van der Waals surface area contributed by atoms with E-state index >= 15 is 0 Å². The molecule has 0 spiro atoms. The number of nitrogens with zero attached hydrogens (tertiary/aromatic N) is 2. The van der Waals surface area contributed by atoms with Crippen molar-refractivity contribution in [3.8, 4) is 0 Å².